The summed E-state index contributed by atoms with van der Waals surface area (Å²) in [6, 6.07) is 18.8. The van der Waals surface area contributed by atoms with Gasteiger partial charge < -0.3 is 11.1 Å². The van der Waals surface area contributed by atoms with Crippen LogP contribution in [0.4, 0.5) is 5.69 Å². The van der Waals surface area contributed by atoms with Crippen molar-refractivity contribution in [1.82, 2.24) is 5.32 Å². The Morgan fingerprint density at radius 2 is 1.67 bits per heavy atom. The van der Waals surface area contributed by atoms with Crippen LogP contribution in [-0.2, 0) is 10.2 Å². The van der Waals surface area contributed by atoms with Gasteiger partial charge in [0.2, 0.25) is 5.91 Å². The molecule has 2 heterocycles. The quantitative estimate of drug-likeness (QED) is 0.769. The zero-order valence-corrected chi connectivity index (χ0v) is 15.6. The molecule has 3 unspecified atom stereocenters. The molecule has 4 nitrogen and oxygen atoms in total. The summed E-state index contributed by atoms with van der Waals surface area (Å²) < 4.78 is 0. The number of anilines is 1. The number of rotatable bonds is 2. The van der Waals surface area contributed by atoms with Crippen molar-refractivity contribution < 1.29 is 4.79 Å². The average Bonchev–Trinajstić information content (AvgIpc) is 3.22. The van der Waals surface area contributed by atoms with Gasteiger partial charge in [-0.05, 0) is 30.0 Å². The van der Waals surface area contributed by atoms with Crippen molar-refractivity contribution in [2.24, 2.45) is 5.73 Å². The van der Waals surface area contributed by atoms with Crippen LogP contribution in [0.15, 0.2) is 54.6 Å². The van der Waals surface area contributed by atoms with E-state index in [1.165, 1.54) is 36.1 Å². The molecule has 0 bridgehead atoms. The number of amides is 1. The van der Waals surface area contributed by atoms with E-state index in [2.05, 4.69) is 59.2 Å². The molecule has 4 N–H and O–H groups in total. The Labute approximate surface area is 160 Å². The molecule has 2 aliphatic heterocycles. The van der Waals surface area contributed by atoms with Gasteiger partial charge in [-0.2, -0.15) is 0 Å². The van der Waals surface area contributed by atoms with E-state index in [9.17, 15) is 4.79 Å². The molecule has 1 saturated carbocycles. The third kappa shape index (κ3) is 2.23. The van der Waals surface area contributed by atoms with E-state index in [1.54, 1.807) is 0 Å². The maximum Gasteiger partial charge on any atom is 0.235 e. The Bertz CT molecular complexity index is 859. The highest BCUT2D eigenvalue weighted by atomic mass is 16.1. The molecule has 27 heavy (non-hydrogen) atoms. The van der Waals surface area contributed by atoms with E-state index < -0.39 is 0 Å². The second-order valence-electron chi connectivity index (χ2n) is 8.43. The third-order valence-corrected chi connectivity index (χ3v) is 7.29. The zero-order chi connectivity index (χ0) is 18.5. The van der Waals surface area contributed by atoms with Gasteiger partial charge in [0.05, 0.1) is 6.04 Å². The fraction of sp³-hybridized carbons (Fsp3) is 0.435. The normalized spacial score (nSPS) is 31.0. The molecule has 2 aromatic rings. The van der Waals surface area contributed by atoms with Gasteiger partial charge in [-0.15, -0.1) is 0 Å². The number of primary amides is 1. The molecule has 4 heteroatoms. The first-order valence-corrected chi connectivity index (χ1v) is 10.1. The molecule has 140 valence electrons. The maximum absolute atomic E-state index is 12.6. The van der Waals surface area contributed by atoms with Crippen LogP contribution in [0.3, 0.4) is 0 Å². The number of nitrogens with one attached hydrogen (secondary N) is 2. The number of carbonyl (C=O) groups excluding carboxylic acids is 1. The second kappa shape index (κ2) is 6.10. The van der Waals surface area contributed by atoms with Crippen molar-refractivity contribution in [3.05, 3.63) is 65.7 Å². The van der Waals surface area contributed by atoms with E-state index >= 15 is 0 Å². The van der Waals surface area contributed by atoms with Crippen molar-refractivity contribution in [2.45, 2.75) is 55.0 Å². The molecule has 1 aliphatic carbocycles. The molecule has 2 aromatic carbocycles. The molecular formula is C23H27N3O. The van der Waals surface area contributed by atoms with Crippen LogP contribution in [0.1, 0.15) is 49.1 Å². The summed E-state index contributed by atoms with van der Waals surface area (Å²) in [5.41, 5.74) is 9.46. The lowest BCUT2D eigenvalue weighted by molar-refractivity contribution is -0.120. The molecule has 1 saturated heterocycles. The average molecular weight is 361 g/mol. The lowest BCUT2D eigenvalue weighted by Gasteiger charge is -2.48. The summed E-state index contributed by atoms with van der Waals surface area (Å²) in [6.45, 7) is 0.850. The fourth-order valence-electron chi connectivity index (χ4n) is 6.27. The highest BCUT2D eigenvalue weighted by Gasteiger charge is 2.67. The minimum atomic E-state index is -0.349. The topological polar surface area (TPSA) is 67.2 Å². The van der Waals surface area contributed by atoms with Gasteiger partial charge in [0, 0.05) is 29.1 Å². The summed E-state index contributed by atoms with van der Waals surface area (Å²) in [6.07, 6.45) is 5.85. The molecule has 3 aliphatic rings. The van der Waals surface area contributed by atoms with Gasteiger partial charge in [-0.1, -0.05) is 67.8 Å². The Morgan fingerprint density at radius 1 is 0.963 bits per heavy atom. The van der Waals surface area contributed by atoms with E-state index in [4.69, 9.17) is 5.73 Å². The lowest BCUT2D eigenvalue weighted by atomic mass is 9.56. The Morgan fingerprint density at radius 3 is 2.41 bits per heavy atom. The van der Waals surface area contributed by atoms with Crippen molar-refractivity contribution >= 4 is 11.6 Å². The number of para-hydroxylation sites is 1. The summed E-state index contributed by atoms with van der Waals surface area (Å²) in [7, 11) is 0. The molecule has 5 rings (SSSR count). The third-order valence-electron chi connectivity index (χ3n) is 7.29. The molecule has 0 radical (unpaired) electrons. The van der Waals surface area contributed by atoms with Gasteiger partial charge in [0.25, 0.3) is 0 Å². The van der Waals surface area contributed by atoms with Crippen LogP contribution in [0.25, 0.3) is 0 Å². The molecule has 2 spiro atoms. The van der Waals surface area contributed by atoms with Gasteiger partial charge in [-0.25, -0.2) is 0 Å². The predicted octanol–water partition coefficient (Wildman–Crippen LogP) is 3.29. The Kier molecular flexibility index (Phi) is 3.80. The largest absolute Gasteiger partial charge is 0.384 e. The van der Waals surface area contributed by atoms with Crippen molar-refractivity contribution in [1.29, 1.82) is 0 Å². The molecule has 2 fully saturated rings. The molecule has 1 amide bonds. The summed E-state index contributed by atoms with van der Waals surface area (Å²) in [5.74, 6) is -0.208. The van der Waals surface area contributed by atoms with Crippen molar-refractivity contribution in [2.75, 3.05) is 11.9 Å². The number of benzene rings is 2. The zero-order valence-electron chi connectivity index (χ0n) is 15.6. The number of nitrogens with two attached hydrogens (primary N) is 1. The number of fused-ring (bicyclic) bond motifs is 3. The number of hydrogen-bond acceptors (Lipinski definition) is 3. The van der Waals surface area contributed by atoms with Gasteiger partial charge in [0.1, 0.15) is 0 Å². The van der Waals surface area contributed by atoms with Crippen LogP contribution in [-0.4, -0.2) is 24.0 Å². The summed E-state index contributed by atoms with van der Waals surface area (Å²) in [4.78, 5) is 12.6. The minimum absolute atomic E-state index is 0.0328. The van der Waals surface area contributed by atoms with E-state index in [0.717, 1.165) is 19.4 Å². The minimum Gasteiger partial charge on any atom is -0.384 e. The highest BCUT2D eigenvalue weighted by Crippen LogP contribution is 2.61. The lowest BCUT2D eigenvalue weighted by Crippen LogP contribution is -2.58. The molecule has 0 aromatic heterocycles. The highest BCUT2D eigenvalue weighted by molar-refractivity contribution is 5.84. The SMILES string of the molecule is NC(=O)C1NC2(CCCCC2)C2(CNc3ccccc32)C1c1ccccc1. The fourth-order valence-corrected chi connectivity index (χ4v) is 6.27. The van der Waals surface area contributed by atoms with Crippen LogP contribution >= 0.6 is 0 Å². The Hall–Kier alpha value is -2.33. The number of carbonyl (C=O) groups is 1. The van der Waals surface area contributed by atoms with Gasteiger partial charge in [0.15, 0.2) is 0 Å². The van der Waals surface area contributed by atoms with E-state index in [-0.39, 0.29) is 28.8 Å². The second-order valence-corrected chi connectivity index (χ2v) is 8.43. The van der Waals surface area contributed by atoms with E-state index in [1.807, 2.05) is 6.07 Å². The van der Waals surface area contributed by atoms with E-state index in [0.29, 0.717) is 0 Å². The smallest absolute Gasteiger partial charge is 0.235 e. The van der Waals surface area contributed by atoms with Crippen molar-refractivity contribution in [3.63, 3.8) is 0 Å². The standard InChI is InChI=1S/C23H27N3O/c24-21(27)20-19(16-9-3-1-4-10-16)23(22(26-20)13-7-2-8-14-22)15-25-18-12-6-5-11-17(18)23/h1,3-6,9-12,19-20,25-26H,2,7-8,13-15H2,(H2,24,27). The maximum atomic E-state index is 12.6. The molecular weight excluding hydrogens is 334 g/mol. The van der Waals surface area contributed by atoms with Crippen LogP contribution < -0.4 is 16.4 Å². The van der Waals surface area contributed by atoms with Crippen molar-refractivity contribution in [3.8, 4) is 0 Å². The summed E-state index contributed by atoms with van der Waals surface area (Å²) in [5, 5.41) is 7.49. The predicted molar refractivity (Wildman–Crippen MR) is 108 cm³/mol. The van der Waals surface area contributed by atoms with Crippen LogP contribution in [0, 0.1) is 0 Å². The molecule has 3 atom stereocenters. The first kappa shape index (κ1) is 16.8. The monoisotopic (exact) mass is 361 g/mol. The number of hydrogen-bond donors (Lipinski definition) is 3. The van der Waals surface area contributed by atoms with Gasteiger partial charge in [-0.3, -0.25) is 10.1 Å². The first-order chi connectivity index (χ1) is 13.2. The van der Waals surface area contributed by atoms with Gasteiger partial charge >= 0.3 is 0 Å². The van der Waals surface area contributed by atoms with Crippen LogP contribution in [0.5, 0.6) is 0 Å². The first-order valence-electron chi connectivity index (χ1n) is 10.1. The summed E-state index contributed by atoms with van der Waals surface area (Å²) >= 11 is 0. The van der Waals surface area contributed by atoms with Crippen LogP contribution in [0.2, 0.25) is 0 Å². The Balaban J connectivity index is 1.77.